The summed E-state index contributed by atoms with van der Waals surface area (Å²) >= 11 is 6.01. The van der Waals surface area contributed by atoms with Crippen molar-refractivity contribution in [3.63, 3.8) is 0 Å². The van der Waals surface area contributed by atoms with E-state index in [1.807, 2.05) is 0 Å². The van der Waals surface area contributed by atoms with Crippen LogP contribution in [0.15, 0.2) is 23.0 Å². The maximum atomic E-state index is 14.4. The third-order valence-electron chi connectivity index (χ3n) is 5.23. The first-order valence-corrected chi connectivity index (χ1v) is 9.01. The van der Waals surface area contributed by atoms with Crippen LogP contribution in [0.2, 0.25) is 5.02 Å². The van der Waals surface area contributed by atoms with Crippen LogP contribution in [-0.4, -0.2) is 15.7 Å². The Balaban J connectivity index is 1.84. The van der Waals surface area contributed by atoms with Crippen LogP contribution in [0.25, 0.3) is 0 Å². The summed E-state index contributed by atoms with van der Waals surface area (Å²) in [5.41, 5.74) is 0.437. The van der Waals surface area contributed by atoms with Gasteiger partial charge in [-0.1, -0.05) is 30.9 Å². The molecular weight excluding hydrogens is 345 g/mol. The number of aromatic nitrogens is 2. The first kappa shape index (κ1) is 16.4. The Morgan fingerprint density at radius 1 is 1.16 bits per heavy atom. The molecule has 0 saturated heterocycles. The van der Waals surface area contributed by atoms with Gasteiger partial charge < -0.3 is 5.32 Å². The highest BCUT2D eigenvalue weighted by Gasteiger charge is 2.35. The van der Waals surface area contributed by atoms with Crippen molar-refractivity contribution >= 4 is 23.3 Å². The van der Waals surface area contributed by atoms with Gasteiger partial charge >= 0.3 is 0 Å². The number of carbonyl (C=O) groups excluding carboxylic acids is 1. The Morgan fingerprint density at radius 2 is 1.92 bits per heavy atom. The lowest BCUT2D eigenvalue weighted by atomic mass is 9.86. The molecule has 0 bridgehead atoms. The lowest BCUT2D eigenvalue weighted by Crippen LogP contribution is -2.28. The zero-order valence-corrected chi connectivity index (χ0v) is 14.4. The van der Waals surface area contributed by atoms with E-state index >= 15 is 0 Å². The topological polar surface area (TPSA) is 66.9 Å². The largest absolute Gasteiger partial charge is 0.311 e. The van der Waals surface area contributed by atoms with Crippen molar-refractivity contribution in [3.05, 3.63) is 50.5 Å². The van der Waals surface area contributed by atoms with Crippen LogP contribution in [0.4, 0.5) is 10.2 Å². The first-order valence-electron chi connectivity index (χ1n) is 8.64. The maximum absolute atomic E-state index is 14.4. The van der Waals surface area contributed by atoms with E-state index in [9.17, 15) is 14.0 Å². The molecule has 1 aliphatic heterocycles. The van der Waals surface area contributed by atoms with Crippen molar-refractivity contribution in [2.75, 3.05) is 5.32 Å². The highest BCUT2D eigenvalue weighted by atomic mass is 35.5. The van der Waals surface area contributed by atoms with E-state index in [2.05, 4.69) is 10.4 Å². The van der Waals surface area contributed by atoms with E-state index in [-0.39, 0.29) is 29.5 Å². The SMILES string of the molecule is O=C1CC(c2cc(Cl)ccc2F)c2c(n(C3CCCCC3)[nH]c2=O)N1. The van der Waals surface area contributed by atoms with Gasteiger partial charge in [-0.25, -0.2) is 4.39 Å². The number of H-pyrrole nitrogens is 1. The van der Waals surface area contributed by atoms with Crippen LogP contribution in [0.5, 0.6) is 0 Å². The minimum Gasteiger partial charge on any atom is -0.311 e. The number of halogens is 2. The molecule has 0 radical (unpaired) electrons. The summed E-state index contributed by atoms with van der Waals surface area (Å²) in [7, 11) is 0. The lowest BCUT2D eigenvalue weighted by molar-refractivity contribution is -0.116. The number of amides is 1. The van der Waals surface area contributed by atoms with Gasteiger partial charge in [0.25, 0.3) is 5.56 Å². The Morgan fingerprint density at radius 3 is 2.68 bits per heavy atom. The van der Waals surface area contributed by atoms with Crippen molar-refractivity contribution in [2.24, 2.45) is 0 Å². The number of rotatable bonds is 2. The van der Waals surface area contributed by atoms with Crippen LogP contribution in [0.1, 0.15) is 61.6 Å². The summed E-state index contributed by atoms with van der Waals surface area (Å²) in [5.74, 6) is -0.825. The molecule has 25 heavy (non-hydrogen) atoms. The Hall–Kier alpha value is -2.08. The molecule has 1 fully saturated rings. The molecule has 1 saturated carbocycles. The average Bonchev–Trinajstić information content (AvgIpc) is 2.94. The van der Waals surface area contributed by atoms with Gasteiger partial charge in [-0.15, -0.1) is 0 Å². The normalized spacial score (nSPS) is 21.0. The Labute approximate surface area is 149 Å². The third kappa shape index (κ3) is 2.88. The van der Waals surface area contributed by atoms with Gasteiger partial charge in [-0.2, -0.15) is 0 Å². The minimum absolute atomic E-state index is 0.0298. The van der Waals surface area contributed by atoms with E-state index in [1.165, 1.54) is 24.6 Å². The van der Waals surface area contributed by atoms with Crippen LogP contribution in [0.3, 0.4) is 0 Å². The number of carbonyl (C=O) groups is 1. The van der Waals surface area contributed by atoms with E-state index < -0.39 is 11.7 Å². The summed E-state index contributed by atoms with van der Waals surface area (Å²) in [5, 5.41) is 6.07. The molecular formula is C18H19ClFN3O2. The number of fused-ring (bicyclic) bond motifs is 1. The number of nitrogens with zero attached hydrogens (tertiary/aromatic N) is 1. The Bertz CT molecular complexity index is 883. The second-order valence-corrected chi connectivity index (χ2v) is 7.27. The molecule has 1 unspecified atom stereocenters. The summed E-state index contributed by atoms with van der Waals surface area (Å²) in [6.45, 7) is 0. The van der Waals surface area contributed by atoms with Crippen LogP contribution < -0.4 is 10.9 Å². The second kappa shape index (κ2) is 6.33. The molecule has 7 heteroatoms. The van der Waals surface area contributed by atoms with Crippen LogP contribution in [0, 0.1) is 5.82 Å². The molecule has 1 aromatic heterocycles. The summed E-state index contributed by atoms with van der Waals surface area (Å²) in [6.07, 6.45) is 5.33. The third-order valence-corrected chi connectivity index (χ3v) is 5.47. The van der Waals surface area contributed by atoms with Crippen molar-refractivity contribution in [3.8, 4) is 0 Å². The molecule has 1 aromatic carbocycles. The Kier molecular flexibility index (Phi) is 4.15. The molecule has 1 atom stereocenters. The molecule has 2 heterocycles. The molecule has 132 valence electrons. The average molecular weight is 364 g/mol. The minimum atomic E-state index is -0.629. The fraction of sp³-hybridized carbons (Fsp3) is 0.444. The predicted octanol–water partition coefficient (Wildman–Crippen LogP) is 3.95. The van der Waals surface area contributed by atoms with Gasteiger partial charge in [0.15, 0.2) is 0 Å². The quantitative estimate of drug-likeness (QED) is 0.848. The second-order valence-electron chi connectivity index (χ2n) is 6.84. The summed E-state index contributed by atoms with van der Waals surface area (Å²) in [6, 6.07) is 4.40. The van der Waals surface area contributed by atoms with Gasteiger partial charge in [-0.3, -0.25) is 19.4 Å². The maximum Gasteiger partial charge on any atom is 0.270 e. The van der Waals surface area contributed by atoms with E-state index in [4.69, 9.17) is 11.6 Å². The predicted molar refractivity (Wildman–Crippen MR) is 93.7 cm³/mol. The number of aromatic amines is 1. The molecule has 1 amide bonds. The molecule has 2 N–H and O–H groups in total. The van der Waals surface area contributed by atoms with Gasteiger partial charge in [0.2, 0.25) is 5.91 Å². The zero-order chi connectivity index (χ0) is 17.6. The van der Waals surface area contributed by atoms with Crippen molar-refractivity contribution in [2.45, 2.75) is 50.5 Å². The van der Waals surface area contributed by atoms with Crippen molar-refractivity contribution in [1.29, 1.82) is 0 Å². The van der Waals surface area contributed by atoms with E-state index in [1.54, 1.807) is 4.68 Å². The van der Waals surface area contributed by atoms with Gasteiger partial charge in [-0.05, 0) is 36.6 Å². The first-order chi connectivity index (χ1) is 12.0. The summed E-state index contributed by atoms with van der Waals surface area (Å²) in [4.78, 5) is 24.9. The van der Waals surface area contributed by atoms with Gasteiger partial charge in [0.05, 0.1) is 11.6 Å². The van der Waals surface area contributed by atoms with Gasteiger partial charge in [0, 0.05) is 17.4 Å². The molecule has 2 aliphatic rings. The lowest BCUT2D eigenvalue weighted by Gasteiger charge is -2.28. The smallest absolute Gasteiger partial charge is 0.270 e. The molecule has 1 aliphatic carbocycles. The number of hydrogen-bond acceptors (Lipinski definition) is 2. The molecule has 2 aromatic rings. The van der Waals surface area contributed by atoms with Crippen LogP contribution in [-0.2, 0) is 4.79 Å². The highest BCUT2D eigenvalue weighted by molar-refractivity contribution is 6.30. The zero-order valence-electron chi connectivity index (χ0n) is 13.6. The molecule has 0 spiro atoms. The number of nitrogens with one attached hydrogen (secondary N) is 2. The summed E-state index contributed by atoms with van der Waals surface area (Å²) < 4.78 is 16.1. The fourth-order valence-corrected chi connectivity index (χ4v) is 4.22. The van der Waals surface area contributed by atoms with Crippen LogP contribution >= 0.6 is 11.6 Å². The number of hydrogen-bond donors (Lipinski definition) is 2. The number of anilines is 1. The van der Waals surface area contributed by atoms with E-state index in [0.29, 0.717) is 16.4 Å². The van der Waals surface area contributed by atoms with Crippen molar-refractivity contribution in [1.82, 2.24) is 9.78 Å². The van der Waals surface area contributed by atoms with Crippen molar-refractivity contribution < 1.29 is 9.18 Å². The monoisotopic (exact) mass is 363 g/mol. The number of benzene rings is 1. The van der Waals surface area contributed by atoms with Gasteiger partial charge in [0.1, 0.15) is 11.6 Å². The standard InChI is InChI=1S/C18H19ClFN3O2/c19-10-6-7-14(20)12(8-10)13-9-15(24)21-17-16(13)18(25)22-23(17)11-4-2-1-3-5-11/h6-8,11,13H,1-5,9H2,(H,21,24)(H,22,25). The molecule has 5 nitrogen and oxygen atoms in total. The fourth-order valence-electron chi connectivity index (χ4n) is 4.04. The highest BCUT2D eigenvalue weighted by Crippen LogP contribution is 2.39. The van der Waals surface area contributed by atoms with E-state index in [0.717, 1.165) is 25.7 Å². The molecule has 4 rings (SSSR count).